The van der Waals surface area contributed by atoms with Gasteiger partial charge in [0.15, 0.2) is 11.5 Å². The van der Waals surface area contributed by atoms with E-state index in [1.165, 1.54) is 16.7 Å². The highest BCUT2D eigenvalue weighted by molar-refractivity contribution is 8.26. The van der Waals surface area contributed by atoms with Crippen molar-refractivity contribution in [3.8, 4) is 17.2 Å². The van der Waals surface area contributed by atoms with E-state index in [0.29, 0.717) is 33.7 Å². The van der Waals surface area contributed by atoms with Gasteiger partial charge in [-0.1, -0.05) is 42.2 Å². The number of thiocarbonyl (C=S) groups is 1. The molecule has 1 aliphatic rings. The van der Waals surface area contributed by atoms with E-state index in [2.05, 4.69) is 5.32 Å². The van der Waals surface area contributed by atoms with Gasteiger partial charge in [-0.15, -0.1) is 0 Å². The molecular formula is C24H26N2O5S2. The van der Waals surface area contributed by atoms with Gasteiger partial charge in [-0.2, -0.15) is 0 Å². The maximum atomic E-state index is 12.7. The number of amides is 2. The number of ether oxygens (including phenoxy) is 3. The molecule has 0 aliphatic carbocycles. The smallest absolute Gasteiger partial charge is 0.266 e. The number of methoxy groups -OCH3 is 3. The summed E-state index contributed by atoms with van der Waals surface area (Å²) in [5.74, 6) is 1.74. The lowest BCUT2D eigenvalue weighted by atomic mass is 10.1. The van der Waals surface area contributed by atoms with E-state index in [-0.39, 0.29) is 24.8 Å². The molecular weight excluding hydrogens is 460 g/mol. The summed E-state index contributed by atoms with van der Waals surface area (Å²) in [4.78, 5) is 27.0. The Kier molecular flexibility index (Phi) is 8.73. The van der Waals surface area contributed by atoms with E-state index in [4.69, 9.17) is 26.4 Å². The molecule has 1 aliphatic heterocycles. The highest BCUT2D eigenvalue weighted by atomic mass is 32.2. The topological polar surface area (TPSA) is 77.1 Å². The highest BCUT2D eigenvalue weighted by Crippen LogP contribution is 2.33. The Morgan fingerprint density at radius 1 is 1.06 bits per heavy atom. The van der Waals surface area contributed by atoms with Crippen LogP contribution in [0.15, 0.2) is 47.4 Å². The molecule has 1 fully saturated rings. The largest absolute Gasteiger partial charge is 0.497 e. The Labute approximate surface area is 203 Å². The molecule has 0 atom stereocenters. The molecule has 2 amide bonds. The molecule has 1 N–H and O–H groups in total. The van der Waals surface area contributed by atoms with Gasteiger partial charge < -0.3 is 19.5 Å². The molecule has 3 rings (SSSR count). The van der Waals surface area contributed by atoms with Crippen molar-refractivity contribution < 1.29 is 23.8 Å². The number of thioether (sulfide) groups is 1. The van der Waals surface area contributed by atoms with Crippen molar-refractivity contribution >= 4 is 46.2 Å². The first-order chi connectivity index (χ1) is 15.9. The second-order valence-electron chi connectivity index (χ2n) is 7.15. The molecule has 0 radical (unpaired) electrons. The van der Waals surface area contributed by atoms with E-state index in [1.807, 2.05) is 42.5 Å². The van der Waals surface area contributed by atoms with Crippen molar-refractivity contribution in [1.29, 1.82) is 0 Å². The Morgan fingerprint density at radius 2 is 1.79 bits per heavy atom. The zero-order chi connectivity index (χ0) is 23.8. The SMILES string of the molecule is COc1ccc(/C=C2\SC(=S)N(CCC(=O)NCCc3ccc(OC)c(OC)c3)C2=O)cc1. The molecule has 0 spiro atoms. The molecule has 9 heteroatoms. The van der Waals surface area contributed by atoms with Crippen molar-refractivity contribution in [2.45, 2.75) is 12.8 Å². The predicted octanol–water partition coefficient (Wildman–Crippen LogP) is 3.66. The van der Waals surface area contributed by atoms with Crippen LogP contribution in [0.25, 0.3) is 6.08 Å². The maximum absolute atomic E-state index is 12.7. The minimum Gasteiger partial charge on any atom is -0.497 e. The number of carbonyl (C=O) groups excluding carboxylic acids is 2. The molecule has 1 heterocycles. The fourth-order valence-corrected chi connectivity index (χ4v) is 4.54. The average Bonchev–Trinajstić information content (AvgIpc) is 3.10. The lowest BCUT2D eigenvalue weighted by molar-refractivity contribution is -0.123. The highest BCUT2D eigenvalue weighted by Gasteiger charge is 2.32. The minimum absolute atomic E-state index is 0.135. The van der Waals surface area contributed by atoms with Crippen molar-refractivity contribution in [1.82, 2.24) is 10.2 Å². The third-order valence-corrected chi connectivity index (χ3v) is 6.41. The summed E-state index contributed by atoms with van der Waals surface area (Å²) in [5, 5.41) is 2.89. The fraction of sp³-hybridized carbons (Fsp3) is 0.292. The molecule has 2 aromatic carbocycles. The summed E-state index contributed by atoms with van der Waals surface area (Å²) in [7, 11) is 4.78. The van der Waals surface area contributed by atoms with Crippen LogP contribution in [0.1, 0.15) is 17.5 Å². The van der Waals surface area contributed by atoms with Crippen LogP contribution in [-0.2, 0) is 16.0 Å². The molecule has 7 nitrogen and oxygen atoms in total. The number of benzene rings is 2. The number of nitrogens with one attached hydrogen (secondary N) is 1. The molecule has 0 saturated carbocycles. The summed E-state index contributed by atoms with van der Waals surface area (Å²) in [5.41, 5.74) is 1.90. The van der Waals surface area contributed by atoms with E-state index >= 15 is 0 Å². The second-order valence-corrected chi connectivity index (χ2v) is 8.82. The van der Waals surface area contributed by atoms with Gasteiger partial charge >= 0.3 is 0 Å². The van der Waals surface area contributed by atoms with Gasteiger partial charge in [0, 0.05) is 19.5 Å². The lowest BCUT2D eigenvalue weighted by Crippen LogP contribution is -2.34. The molecule has 0 aromatic heterocycles. The second kappa shape index (κ2) is 11.7. The Morgan fingerprint density at radius 3 is 2.45 bits per heavy atom. The molecule has 174 valence electrons. The summed E-state index contributed by atoms with van der Waals surface area (Å²) in [6.07, 6.45) is 2.62. The Balaban J connectivity index is 1.48. The Hall–Kier alpha value is -3.04. The summed E-state index contributed by atoms with van der Waals surface area (Å²) in [6.45, 7) is 0.719. The third-order valence-electron chi connectivity index (χ3n) is 5.03. The molecule has 2 aromatic rings. The van der Waals surface area contributed by atoms with Crippen LogP contribution in [0, 0.1) is 0 Å². The number of hydrogen-bond donors (Lipinski definition) is 1. The molecule has 0 bridgehead atoms. The van der Waals surface area contributed by atoms with E-state index < -0.39 is 0 Å². The third kappa shape index (κ3) is 6.49. The van der Waals surface area contributed by atoms with Crippen molar-refractivity contribution in [3.05, 3.63) is 58.5 Å². The van der Waals surface area contributed by atoms with Crippen LogP contribution in [0.2, 0.25) is 0 Å². The standard InChI is InChI=1S/C24H26N2O5S2/c1-29-18-7-4-16(5-8-18)15-21-23(28)26(24(32)33-21)13-11-22(27)25-12-10-17-6-9-19(30-2)20(14-17)31-3/h4-9,14-15H,10-13H2,1-3H3,(H,25,27)/b21-15-. The normalized spacial score (nSPS) is 14.5. The number of carbonyl (C=O) groups is 2. The monoisotopic (exact) mass is 486 g/mol. The van der Waals surface area contributed by atoms with Gasteiger partial charge in [0.1, 0.15) is 10.1 Å². The van der Waals surface area contributed by atoms with Gasteiger partial charge in [-0.25, -0.2) is 0 Å². The van der Waals surface area contributed by atoms with Crippen LogP contribution in [-0.4, -0.2) is 55.5 Å². The zero-order valence-electron chi connectivity index (χ0n) is 18.8. The van der Waals surface area contributed by atoms with Gasteiger partial charge in [0.05, 0.1) is 26.2 Å². The Bertz CT molecular complexity index is 1050. The lowest BCUT2D eigenvalue weighted by Gasteiger charge is -2.14. The minimum atomic E-state index is -0.182. The number of hydrogen-bond acceptors (Lipinski definition) is 7. The van der Waals surface area contributed by atoms with Crippen LogP contribution in [0.4, 0.5) is 0 Å². The van der Waals surface area contributed by atoms with Crippen molar-refractivity contribution in [3.63, 3.8) is 0 Å². The van der Waals surface area contributed by atoms with Crippen molar-refractivity contribution in [2.75, 3.05) is 34.4 Å². The first kappa shape index (κ1) is 24.6. The summed E-state index contributed by atoms with van der Waals surface area (Å²) >= 11 is 6.59. The van der Waals surface area contributed by atoms with E-state index in [0.717, 1.165) is 16.9 Å². The predicted molar refractivity (Wildman–Crippen MR) is 134 cm³/mol. The van der Waals surface area contributed by atoms with Crippen LogP contribution >= 0.6 is 24.0 Å². The average molecular weight is 487 g/mol. The molecule has 33 heavy (non-hydrogen) atoms. The maximum Gasteiger partial charge on any atom is 0.266 e. The number of nitrogens with zero attached hydrogens (tertiary/aromatic N) is 1. The van der Waals surface area contributed by atoms with Crippen molar-refractivity contribution in [2.24, 2.45) is 0 Å². The summed E-state index contributed by atoms with van der Waals surface area (Å²) < 4.78 is 16.1. The first-order valence-corrected chi connectivity index (χ1v) is 11.5. The van der Waals surface area contributed by atoms with Gasteiger partial charge in [0.25, 0.3) is 5.91 Å². The molecule has 0 unspecified atom stereocenters. The van der Waals surface area contributed by atoms with E-state index in [9.17, 15) is 9.59 Å². The van der Waals surface area contributed by atoms with Gasteiger partial charge in [0.2, 0.25) is 5.91 Å². The quantitative estimate of drug-likeness (QED) is 0.406. The number of rotatable bonds is 10. The first-order valence-electron chi connectivity index (χ1n) is 10.3. The van der Waals surface area contributed by atoms with Gasteiger partial charge in [-0.3, -0.25) is 14.5 Å². The summed E-state index contributed by atoms with van der Waals surface area (Å²) in [6, 6.07) is 13.1. The van der Waals surface area contributed by atoms with E-state index in [1.54, 1.807) is 27.4 Å². The molecule has 1 saturated heterocycles. The van der Waals surface area contributed by atoms with Crippen LogP contribution in [0.5, 0.6) is 17.2 Å². The van der Waals surface area contributed by atoms with Gasteiger partial charge in [-0.05, 0) is 47.9 Å². The fourth-order valence-electron chi connectivity index (χ4n) is 3.23. The van der Waals surface area contributed by atoms with Crippen LogP contribution in [0.3, 0.4) is 0 Å². The van der Waals surface area contributed by atoms with Crippen LogP contribution < -0.4 is 19.5 Å². The zero-order valence-corrected chi connectivity index (χ0v) is 20.4.